The van der Waals surface area contributed by atoms with Gasteiger partial charge in [-0.15, -0.1) is 0 Å². The maximum atomic E-state index is 14.8. The lowest BCUT2D eigenvalue weighted by atomic mass is 10.0. The van der Waals surface area contributed by atoms with E-state index in [9.17, 15) is 9.18 Å². The number of nitrogens with two attached hydrogens (primary N) is 1. The van der Waals surface area contributed by atoms with E-state index in [0.717, 1.165) is 17.5 Å². The molecule has 0 radical (unpaired) electrons. The van der Waals surface area contributed by atoms with Crippen molar-refractivity contribution in [2.24, 2.45) is 5.73 Å². The van der Waals surface area contributed by atoms with E-state index in [-0.39, 0.29) is 24.1 Å². The van der Waals surface area contributed by atoms with Crippen LogP contribution in [0.15, 0.2) is 36.4 Å². The molecular formula is C18H17FINO3. The summed E-state index contributed by atoms with van der Waals surface area (Å²) in [4.78, 5) is 10.8. The van der Waals surface area contributed by atoms with Crippen LogP contribution in [-0.4, -0.2) is 12.7 Å². The topological polar surface area (TPSA) is 61.6 Å². The fraction of sp³-hybridized carbons (Fsp3) is 0.278. The largest absolute Gasteiger partial charge is 0.485 e. The van der Waals surface area contributed by atoms with Crippen LogP contribution in [0.4, 0.5) is 9.18 Å². The zero-order valence-electron chi connectivity index (χ0n) is 12.9. The Bertz CT molecular complexity index is 752. The van der Waals surface area contributed by atoms with E-state index >= 15 is 0 Å². The predicted molar refractivity (Wildman–Crippen MR) is 96.5 cm³/mol. The number of hydrogen-bond acceptors (Lipinski definition) is 3. The van der Waals surface area contributed by atoms with Crippen LogP contribution in [0.25, 0.3) is 0 Å². The highest BCUT2D eigenvalue weighted by molar-refractivity contribution is 14.1. The Hall–Kier alpha value is -1.83. The zero-order valence-corrected chi connectivity index (χ0v) is 15.1. The van der Waals surface area contributed by atoms with Crippen molar-refractivity contribution in [2.45, 2.75) is 25.4 Å². The maximum Gasteiger partial charge on any atom is 0.404 e. The summed E-state index contributed by atoms with van der Waals surface area (Å²) in [7, 11) is 0. The Balaban J connectivity index is 1.79. The molecule has 1 aliphatic carbocycles. The van der Waals surface area contributed by atoms with Gasteiger partial charge < -0.3 is 15.2 Å². The molecule has 1 unspecified atom stereocenters. The van der Waals surface area contributed by atoms with Crippen molar-refractivity contribution >= 4 is 28.7 Å². The molecule has 2 aromatic rings. The molecule has 126 valence electrons. The number of hydrogen-bond donors (Lipinski definition) is 1. The van der Waals surface area contributed by atoms with Crippen molar-refractivity contribution < 1.29 is 18.7 Å². The standard InChI is InChI=1S/C18H17FINO3/c19-16-13-7-6-12(10-24-18(21)22)14(13)8-15(20)17(16)23-9-11-4-2-1-3-5-11/h1-5,8,12H,6-7,9-10H2,(H2,21,22). The van der Waals surface area contributed by atoms with E-state index in [4.69, 9.17) is 15.2 Å². The summed E-state index contributed by atoms with van der Waals surface area (Å²) < 4.78 is 26.2. The first-order chi connectivity index (χ1) is 11.6. The molecule has 1 amide bonds. The average molecular weight is 441 g/mol. The van der Waals surface area contributed by atoms with Crippen molar-refractivity contribution in [2.75, 3.05) is 6.61 Å². The van der Waals surface area contributed by atoms with Gasteiger partial charge in [0.15, 0.2) is 11.6 Å². The van der Waals surface area contributed by atoms with E-state index in [1.807, 2.05) is 36.4 Å². The third-order valence-electron chi connectivity index (χ3n) is 4.15. The third-order valence-corrected chi connectivity index (χ3v) is 4.95. The summed E-state index contributed by atoms with van der Waals surface area (Å²) in [6.45, 7) is 0.503. The molecule has 2 aromatic carbocycles. The molecule has 0 saturated carbocycles. The number of carbonyl (C=O) groups is 1. The first-order valence-corrected chi connectivity index (χ1v) is 8.74. The van der Waals surface area contributed by atoms with E-state index in [0.29, 0.717) is 22.2 Å². The fourth-order valence-electron chi connectivity index (χ4n) is 2.97. The Kier molecular flexibility index (Phi) is 5.23. The maximum absolute atomic E-state index is 14.8. The second-order valence-corrected chi connectivity index (χ2v) is 6.87. The third kappa shape index (κ3) is 3.63. The van der Waals surface area contributed by atoms with Crippen LogP contribution in [0.1, 0.15) is 29.0 Å². The first kappa shape index (κ1) is 17.0. The van der Waals surface area contributed by atoms with Crippen LogP contribution in [0.2, 0.25) is 0 Å². The molecule has 6 heteroatoms. The van der Waals surface area contributed by atoms with Crippen molar-refractivity contribution in [3.05, 3.63) is 62.5 Å². The molecule has 2 N–H and O–H groups in total. The molecule has 1 atom stereocenters. The second kappa shape index (κ2) is 7.38. The molecule has 24 heavy (non-hydrogen) atoms. The number of rotatable bonds is 5. The summed E-state index contributed by atoms with van der Waals surface area (Å²) in [5.74, 6) is -0.0391. The van der Waals surface area contributed by atoms with Gasteiger partial charge in [0, 0.05) is 5.92 Å². The number of primary amides is 1. The summed E-state index contributed by atoms with van der Waals surface area (Å²) >= 11 is 2.08. The number of fused-ring (bicyclic) bond motifs is 1. The molecule has 1 aliphatic rings. The van der Waals surface area contributed by atoms with Gasteiger partial charge in [0.1, 0.15) is 13.2 Å². The molecule has 4 nitrogen and oxygen atoms in total. The lowest BCUT2D eigenvalue weighted by Gasteiger charge is -2.15. The number of amides is 1. The molecule has 0 fully saturated rings. The van der Waals surface area contributed by atoms with Crippen LogP contribution in [0, 0.1) is 9.39 Å². The normalized spacial score (nSPS) is 15.8. The van der Waals surface area contributed by atoms with E-state index in [1.165, 1.54) is 0 Å². The van der Waals surface area contributed by atoms with Gasteiger partial charge >= 0.3 is 6.09 Å². The Labute approximate surface area is 153 Å². The van der Waals surface area contributed by atoms with Gasteiger partial charge in [0.05, 0.1) is 3.57 Å². The summed E-state index contributed by atoms with van der Waals surface area (Å²) in [5, 5.41) is 0. The highest BCUT2D eigenvalue weighted by atomic mass is 127. The van der Waals surface area contributed by atoms with E-state index < -0.39 is 6.09 Å². The lowest BCUT2D eigenvalue weighted by Crippen LogP contribution is -2.17. The molecule has 0 aliphatic heterocycles. The quantitative estimate of drug-likeness (QED) is 0.710. The van der Waals surface area contributed by atoms with Crippen molar-refractivity contribution in [1.82, 2.24) is 0 Å². The smallest absolute Gasteiger partial charge is 0.404 e. The number of ether oxygens (including phenoxy) is 2. The van der Waals surface area contributed by atoms with Crippen LogP contribution < -0.4 is 10.5 Å². The van der Waals surface area contributed by atoms with Crippen molar-refractivity contribution in [3.63, 3.8) is 0 Å². The minimum atomic E-state index is -0.804. The van der Waals surface area contributed by atoms with Gasteiger partial charge in [-0.1, -0.05) is 30.3 Å². The summed E-state index contributed by atoms with van der Waals surface area (Å²) in [5.41, 5.74) is 7.53. The average Bonchev–Trinajstić information content (AvgIpc) is 2.96. The molecule has 0 bridgehead atoms. The molecule has 0 spiro atoms. The van der Waals surface area contributed by atoms with Crippen LogP contribution in [-0.2, 0) is 17.8 Å². The monoisotopic (exact) mass is 441 g/mol. The van der Waals surface area contributed by atoms with Gasteiger partial charge in [0.2, 0.25) is 0 Å². The highest BCUT2D eigenvalue weighted by Gasteiger charge is 2.29. The van der Waals surface area contributed by atoms with Crippen LogP contribution in [0.5, 0.6) is 5.75 Å². The van der Waals surface area contributed by atoms with Gasteiger partial charge in [-0.05, 0) is 58.2 Å². The minimum absolute atomic E-state index is 0.0151. The first-order valence-electron chi connectivity index (χ1n) is 7.66. The Morgan fingerprint density at radius 2 is 2.08 bits per heavy atom. The van der Waals surface area contributed by atoms with Gasteiger partial charge in [-0.25, -0.2) is 9.18 Å². The SMILES string of the molecule is NC(=O)OCC1CCc2c1cc(I)c(OCc1ccccc1)c2F. The molecule has 0 heterocycles. The molecular weight excluding hydrogens is 424 g/mol. The summed E-state index contributed by atoms with van der Waals surface area (Å²) in [6.07, 6.45) is 0.533. The second-order valence-electron chi connectivity index (χ2n) is 5.71. The number of benzene rings is 2. The highest BCUT2D eigenvalue weighted by Crippen LogP contribution is 2.40. The molecule has 0 aromatic heterocycles. The van der Waals surface area contributed by atoms with E-state index in [1.54, 1.807) is 0 Å². The summed E-state index contributed by atoms with van der Waals surface area (Å²) in [6, 6.07) is 11.6. The van der Waals surface area contributed by atoms with Crippen molar-refractivity contribution in [1.29, 1.82) is 0 Å². The Morgan fingerprint density at radius 1 is 1.33 bits per heavy atom. The van der Waals surface area contributed by atoms with E-state index in [2.05, 4.69) is 22.6 Å². The minimum Gasteiger partial charge on any atom is -0.485 e. The lowest BCUT2D eigenvalue weighted by molar-refractivity contribution is 0.149. The van der Waals surface area contributed by atoms with Crippen LogP contribution >= 0.6 is 22.6 Å². The van der Waals surface area contributed by atoms with Gasteiger partial charge in [-0.2, -0.15) is 0 Å². The molecule has 0 saturated heterocycles. The fourth-order valence-corrected chi connectivity index (χ4v) is 3.70. The predicted octanol–water partition coefficient (Wildman–Crippen LogP) is 4.13. The number of halogens is 2. The Morgan fingerprint density at radius 3 is 2.79 bits per heavy atom. The van der Waals surface area contributed by atoms with Crippen LogP contribution in [0.3, 0.4) is 0 Å². The van der Waals surface area contributed by atoms with Gasteiger partial charge in [-0.3, -0.25) is 0 Å². The molecule has 3 rings (SSSR count). The van der Waals surface area contributed by atoms with Crippen molar-refractivity contribution in [3.8, 4) is 5.75 Å². The number of carbonyl (C=O) groups excluding carboxylic acids is 1. The zero-order chi connectivity index (χ0) is 17.1. The van der Waals surface area contributed by atoms with Gasteiger partial charge in [0.25, 0.3) is 0 Å².